The van der Waals surface area contributed by atoms with Crippen LogP contribution in [0.3, 0.4) is 0 Å². The smallest absolute Gasteiger partial charge is 0.240 e. The third-order valence-corrected chi connectivity index (χ3v) is 15.4. The number of likely N-dealkylation sites (tertiary alicyclic amines) is 1. The van der Waals surface area contributed by atoms with Crippen molar-refractivity contribution >= 4 is 49.9 Å². The maximum Gasteiger partial charge on any atom is 0.240 e. The van der Waals surface area contributed by atoms with Gasteiger partial charge in [0.2, 0.25) is 21.8 Å². The van der Waals surface area contributed by atoms with Crippen molar-refractivity contribution in [3.05, 3.63) is 95.8 Å². The fraction of sp³-hybridized carbons (Fsp3) is 0.479. The number of aromatic nitrogens is 2. The van der Waals surface area contributed by atoms with Crippen molar-refractivity contribution in [1.82, 2.24) is 19.6 Å². The normalized spacial score (nSPS) is 21.5. The summed E-state index contributed by atoms with van der Waals surface area (Å²) in [7, 11) is -2.26. The maximum atomic E-state index is 15.0. The zero-order valence-corrected chi connectivity index (χ0v) is 37.7. The van der Waals surface area contributed by atoms with Gasteiger partial charge in [0.25, 0.3) is 0 Å². The van der Waals surface area contributed by atoms with Gasteiger partial charge in [0.15, 0.2) is 5.78 Å². The quantitative estimate of drug-likeness (QED) is 0.0640. The molecule has 7 rings (SSSR count). The lowest BCUT2D eigenvalue weighted by atomic mass is 9.89. The molecule has 2 aromatic heterocycles. The molecule has 3 fully saturated rings. The van der Waals surface area contributed by atoms with Crippen LogP contribution in [0.1, 0.15) is 101 Å². The van der Waals surface area contributed by atoms with E-state index in [0.717, 1.165) is 52.9 Å². The van der Waals surface area contributed by atoms with Crippen molar-refractivity contribution in [2.75, 3.05) is 13.7 Å². The van der Waals surface area contributed by atoms with E-state index in [-0.39, 0.29) is 49.2 Å². The number of pyridine rings is 1. The van der Waals surface area contributed by atoms with E-state index in [9.17, 15) is 22.4 Å². The summed E-state index contributed by atoms with van der Waals surface area (Å²) in [5.74, 6) is -1.17. The molecule has 3 aliphatic rings. The number of thiazole rings is 1. The van der Waals surface area contributed by atoms with E-state index in [2.05, 4.69) is 31.7 Å². The first-order valence-corrected chi connectivity index (χ1v) is 24.1. The highest BCUT2D eigenvalue weighted by molar-refractivity contribution is 7.90. The summed E-state index contributed by atoms with van der Waals surface area (Å²) in [4.78, 5) is 55.1. The number of nitrogens with one attached hydrogen (secondary N) is 1. The van der Waals surface area contributed by atoms with Gasteiger partial charge in [-0.1, -0.05) is 51.0 Å². The number of sulfonamides is 1. The Morgan fingerprint density at radius 2 is 1.82 bits per heavy atom. The summed E-state index contributed by atoms with van der Waals surface area (Å²) in [6.45, 7) is 13.9. The van der Waals surface area contributed by atoms with Gasteiger partial charge in [-0.3, -0.25) is 19.1 Å². The van der Waals surface area contributed by atoms with Gasteiger partial charge in [-0.15, -0.1) is 24.5 Å². The Bertz CT molecular complexity index is 2450. The van der Waals surface area contributed by atoms with Crippen LogP contribution >= 0.6 is 11.3 Å². The summed E-state index contributed by atoms with van der Waals surface area (Å²) in [5, 5.41) is 2.87. The number of fused-ring (bicyclic) bond motifs is 1. The third-order valence-electron chi connectivity index (χ3n) is 12.7. The molecule has 0 radical (unpaired) electrons. The number of halogens is 1. The maximum absolute atomic E-state index is 15.0. The van der Waals surface area contributed by atoms with Crippen LogP contribution in [0.4, 0.5) is 4.39 Å². The van der Waals surface area contributed by atoms with Crippen molar-refractivity contribution in [3.8, 4) is 22.2 Å². The van der Waals surface area contributed by atoms with Crippen LogP contribution in [0.5, 0.6) is 11.5 Å². The molecule has 330 valence electrons. The summed E-state index contributed by atoms with van der Waals surface area (Å²) in [6, 6.07) is 10.8. The van der Waals surface area contributed by atoms with E-state index in [1.54, 1.807) is 30.2 Å². The second kappa shape index (κ2) is 18.8. The molecule has 2 aromatic carbocycles. The van der Waals surface area contributed by atoms with Gasteiger partial charge in [0.05, 0.1) is 41.6 Å². The lowest BCUT2D eigenvalue weighted by Gasteiger charge is -2.29. The Morgan fingerprint density at radius 1 is 1.06 bits per heavy atom. The Hall–Kier alpha value is -4.95. The van der Waals surface area contributed by atoms with Crippen LogP contribution in [0, 0.1) is 30.0 Å². The lowest BCUT2D eigenvalue weighted by Crippen LogP contribution is -2.46. The fourth-order valence-corrected chi connectivity index (χ4v) is 11.0. The van der Waals surface area contributed by atoms with E-state index in [0.29, 0.717) is 48.4 Å². The number of aryl methyl sites for hydroxylation is 1. The zero-order chi connectivity index (χ0) is 44.3. The summed E-state index contributed by atoms with van der Waals surface area (Å²) < 4.78 is 54.6. The van der Waals surface area contributed by atoms with E-state index < -0.39 is 50.6 Å². The molecule has 3 heterocycles. The molecule has 5 atom stereocenters. The minimum absolute atomic E-state index is 0.0921. The molecule has 62 heavy (non-hydrogen) atoms. The number of Topliss-reactive ketones (excluding diaryl/α,β-unsaturated/α-hetero) is 1. The fourth-order valence-electron chi connectivity index (χ4n) is 8.70. The van der Waals surface area contributed by atoms with Crippen molar-refractivity contribution in [2.45, 2.75) is 115 Å². The average molecular weight is 885 g/mol. The van der Waals surface area contributed by atoms with Crippen LogP contribution in [0.15, 0.2) is 73.2 Å². The number of allylic oxidation sites excluding steroid dienone is 2. The molecule has 1 aliphatic heterocycles. The van der Waals surface area contributed by atoms with Crippen molar-refractivity contribution < 1.29 is 36.7 Å². The highest BCUT2D eigenvalue weighted by atomic mass is 32.2. The first-order chi connectivity index (χ1) is 29.7. The third kappa shape index (κ3) is 9.81. The largest absolute Gasteiger partial charge is 0.496 e. The monoisotopic (exact) mass is 884 g/mol. The number of nitrogens with zero attached hydrogens (tertiary/aromatic N) is 3. The number of hydrogen-bond acceptors (Lipinski definition) is 10. The molecule has 2 aliphatic carbocycles. The summed E-state index contributed by atoms with van der Waals surface area (Å²) in [5.41, 5.74) is 2.57. The highest BCUT2D eigenvalue weighted by Crippen LogP contribution is 2.57. The highest BCUT2D eigenvalue weighted by Gasteiger charge is 2.61. The number of ketones is 1. The molecule has 0 bridgehead atoms. The number of benzene rings is 2. The van der Waals surface area contributed by atoms with Gasteiger partial charge in [-0.25, -0.2) is 22.8 Å². The molecule has 4 aromatic rings. The number of rotatable bonds is 21. The predicted molar refractivity (Wildman–Crippen MR) is 240 cm³/mol. The molecule has 1 N–H and O–H groups in total. The summed E-state index contributed by atoms with van der Waals surface area (Å²) in [6.07, 6.45) is 8.30. The molecule has 2 amide bonds. The number of ether oxygens (including phenoxy) is 2. The van der Waals surface area contributed by atoms with Crippen molar-refractivity contribution in [1.29, 1.82) is 0 Å². The second-order valence-corrected chi connectivity index (χ2v) is 20.3. The molecule has 2 saturated carbocycles. The van der Waals surface area contributed by atoms with Gasteiger partial charge in [-0.05, 0) is 93.5 Å². The van der Waals surface area contributed by atoms with Crippen LogP contribution in [-0.4, -0.2) is 71.9 Å². The molecular formula is C48H57FN4O7S2. The first kappa shape index (κ1) is 45.1. The number of unbranched alkanes of at least 4 members (excludes halogenated alkanes) is 3. The van der Waals surface area contributed by atoms with Gasteiger partial charge >= 0.3 is 0 Å². The minimum Gasteiger partial charge on any atom is -0.496 e. The van der Waals surface area contributed by atoms with Crippen LogP contribution in [0.2, 0.25) is 0 Å². The topological polar surface area (TPSA) is 145 Å². The van der Waals surface area contributed by atoms with Crippen LogP contribution in [0.25, 0.3) is 21.6 Å². The Balaban J connectivity index is 1.23. The summed E-state index contributed by atoms with van der Waals surface area (Å²) >= 11 is 1.49. The van der Waals surface area contributed by atoms with Crippen molar-refractivity contribution in [2.24, 2.45) is 17.3 Å². The molecule has 1 saturated heterocycles. The Kier molecular flexibility index (Phi) is 13.7. The number of carbonyl (C=O) groups excluding carboxylic acids is 3. The number of carbonyl (C=O) groups is 3. The zero-order valence-electron chi connectivity index (χ0n) is 36.0. The van der Waals surface area contributed by atoms with E-state index >= 15 is 4.79 Å². The van der Waals surface area contributed by atoms with Gasteiger partial charge in [-0.2, -0.15) is 0 Å². The number of amides is 2. The Morgan fingerprint density at radius 3 is 2.47 bits per heavy atom. The molecule has 0 spiro atoms. The number of hydrogen-bond donors (Lipinski definition) is 1. The molecule has 14 heteroatoms. The van der Waals surface area contributed by atoms with Gasteiger partial charge in [0, 0.05) is 41.2 Å². The molecular weight excluding hydrogens is 828 g/mol. The predicted octanol–water partition coefficient (Wildman–Crippen LogP) is 9.04. The van der Waals surface area contributed by atoms with Gasteiger partial charge < -0.3 is 14.4 Å². The number of methoxy groups -OCH3 is 1. The van der Waals surface area contributed by atoms with Crippen molar-refractivity contribution in [3.63, 3.8) is 0 Å². The van der Waals surface area contributed by atoms with E-state index in [1.165, 1.54) is 23.5 Å². The SMILES string of the molecule is C=CCCCCC[C@H](Cc1ccc(F)cc1)C(=O)N1C[C@H](Oc2cc(-c3nc(C(C)C)cs3)nc3c(C)c(OC)ccc23)C[C@H]1C(=O)C[C@]1(C(=O)NS(=O)(=O)C2CC2)C[C@H]1C=C. The average Bonchev–Trinajstić information content (AvgIpc) is 4.13. The van der Waals surface area contributed by atoms with Gasteiger partial charge in [0.1, 0.15) is 34.1 Å². The molecule has 11 nitrogen and oxygen atoms in total. The van der Waals surface area contributed by atoms with Crippen LogP contribution in [-0.2, 0) is 30.8 Å². The first-order valence-electron chi connectivity index (χ1n) is 21.7. The minimum atomic E-state index is -3.87. The van der Waals surface area contributed by atoms with E-state index in [1.807, 2.05) is 36.6 Å². The van der Waals surface area contributed by atoms with Crippen LogP contribution < -0.4 is 14.2 Å². The Labute approximate surface area is 368 Å². The standard InChI is InChI=1S/C48H57FN4O7S2/c1-7-9-10-11-12-13-32(22-31-14-16-34(49)17-15-31)46(55)53-27-35(23-40(53)41(54)26-48(25-33(48)8-2)47(56)52-62(57,58)36-18-19-36)60-43-24-38(45-51-39(28-61-45)29(3)4)50-44-30(5)42(59-6)21-20-37(43)44/h7-8,14-17,20-21,24,28-29,32-33,35-36,40H,1-2,9-13,18-19,22-23,25-27H2,3-6H3,(H,52,56)/t32-,33-,35-,40+,48-/m1/s1. The second-order valence-electron chi connectivity index (χ2n) is 17.5. The van der Waals surface area contributed by atoms with E-state index in [4.69, 9.17) is 19.4 Å². The lowest BCUT2D eigenvalue weighted by molar-refractivity contribution is -0.142. The molecule has 0 unspecified atom stereocenters.